The van der Waals surface area contributed by atoms with E-state index < -0.39 is 33.7 Å². The second-order valence-corrected chi connectivity index (χ2v) is 9.34. The van der Waals surface area contributed by atoms with Crippen LogP contribution in [0.3, 0.4) is 0 Å². The Kier molecular flexibility index (Phi) is 3.97. The maximum atomic E-state index is 12.8. The molecule has 2 aliphatic heterocycles. The van der Waals surface area contributed by atoms with Crippen LogP contribution < -0.4 is 4.90 Å². The maximum Gasteiger partial charge on any atom is 0.269 e. The van der Waals surface area contributed by atoms with Gasteiger partial charge in [0.05, 0.1) is 5.56 Å². The van der Waals surface area contributed by atoms with Crippen molar-refractivity contribution < 1.29 is 18.0 Å². The van der Waals surface area contributed by atoms with Gasteiger partial charge in [0.15, 0.2) is 5.78 Å². The summed E-state index contributed by atoms with van der Waals surface area (Å²) in [5.41, 5.74) is 2.56. The van der Waals surface area contributed by atoms with E-state index in [1.165, 1.54) is 18.2 Å². The average molecular weight is 396 g/mol. The number of anilines is 1. The number of hydrogen-bond acceptors (Lipinski definition) is 5. The normalized spacial score (nSPS) is 20.4. The summed E-state index contributed by atoms with van der Waals surface area (Å²) >= 11 is 0. The van der Waals surface area contributed by atoms with E-state index in [-0.39, 0.29) is 10.5 Å². The van der Waals surface area contributed by atoms with Crippen LogP contribution in [-0.4, -0.2) is 38.0 Å². The summed E-state index contributed by atoms with van der Waals surface area (Å²) in [5, 5.41) is 0. The molecular formula is C21H20N2O4S. The highest BCUT2D eigenvalue weighted by molar-refractivity contribution is 7.90. The molecule has 0 N–H and O–H groups in total. The Hall–Kier alpha value is -2.93. The molecule has 2 aromatic rings. The highest BCUT2D eigenvalue weighted by Gasteiger charge is 2.42. The van der Waals surface area contributed by atoms with Crippen molar-refractivity contribution in [2.75, 3.05) is 18.5 Å². The first-order valence-electron chi connectivity index (χ1n) is 8.90. The summed E-state index contributed by atoms with van der Waals surface area (Å²) in [6.45, 7) is 3.52. The summed E-state index contributed by atoms with van der Waals surface area (Å²) < 4.78 is 26.0. The molecule has 28 heavy (non-hydrogen) atoms. The third-order valence-electron chi connectivity index (χ3n) is 5.45. The molecule has 2 heterocycles. The van der Waals surface area contributed by atoms with Crippen LogP contribution >= 0.6 is 0 Å². The van der Waals surface area contributed by atoms with Gasteiger partial charge in [-0.2, -0.15) is 0 Å². The fourth-order valence-electron chi connectivity index (χ4n) is 3.99. The lowest BCUT2D eigenvalue weighted by Crippen LogP contribution is -2.35. The Morgan fingerprint density at radius 2 is 1.71 bits per heavy atom. The van der Waals surface area contributed by atoms with Gasteiger partial charge in [-0.25, -0.2) is 12.7 Å². The molecule has 1 amide bonds. The molecule has 144 valence electrons. The van der Waals surface area contributed by atoms with E-state index in [1.807, 2.05) is 50.1 Å². The van der Waals surface area contributed by atoms with Crippen LogP contribution in [0.1, 0.15) is 29.8 Å². The van der Waals surface area contributed by atoms with Crippen molar-refractivity contribution in [3.63, 3.8) is 0 Å². The zero-order chi connectivity index (χ0) is 20.3. The lowest BCUT2D eigenvalue weighted by atomic mass is 9.83. The smallest absolute Gasteiger partial charge is 0.269 e. The molecule has 0 aliphatic carbocycles. The van der Waals surface area contributed by atoms with Crippen molar-refractivity contribution in [2.24, 2.45) is 0 Å². The summed E-state index contributed by atoms with van der Waals surface area (Å²) in [5.74, 6) is -1.10. The first-order chi connectivity index (χ1) is 13.2. The van der Waals surface area contributed by atoms with Gasteiger partial charge in [0.25, 0.3) is 15.9 Å². The number of rotatable bonds is 3. The monoisotopic (exact) mass is 396 g/mol. The van der Waals surface area contributed by atoms with Crippen LogP contribution in [0.5, 0.6) is 0 Å². The Morgan fingerprint density at radius 1 is 1.07 bits per heavy atom. The average Bonchev–Trinajstić information content (AvgIpc) is 2.98. The molecule has 2 aliphatic rings. The van der Waals surface area contributed by atoms with Gasteiger partial charge in [0, 0.05) is 29.9 Å². The number of likely N-dealkylation sites (N-methyl/N-ethyl adjacent to an activating group) is 1. The summed E-state index contributed by atoms with van der Waals surface area (Å²) in [6.07, 6.45) is 1.45. The molecule has 0 aromatic heterocycles. The van der Waals surface area contributed by atoms with E-state index in [0.29, 0.717) is 4.31 Å². The Morgan fingerprint density at radius 3 is 2.39 bits per heavy atom. The van der Waals surface area contributed by atoms with Crippen LogP contribution in [0.4, 0.5) is 5.69 Å². The second-order valence-electron chi connectivity index (χ2n) is 7.51. The molecule has 2 aromatic carbocycles. The summed E-state index contributed by atoms with van der Waals surface area (Å²) in [7, 11) is -2.12. The van der Waals surface area contributed by atoms with E-state index in [1.54, 1.807) is 12.1 Å². The highest BCUT2D eigenvalue weighted by atomic mass is 32.2. The number of allylic oxidation sites excluding steroid dienone is 1. The van der Waals surface area contributed by atoms with Crippen LogP contribution in [0, 0.1) is 0 Å². The van der Waals surface area contributed by atoms with Gasteiger partial charge in [-0.3, -0.25) is 9.59 Å². The number of carbonyl (C=O) groups is 2. The van der Waals surface area contributed by atoms with E-state index in [4.69, 9.17) is 0 Å². The molecule has 0 radical (unpaired) electrons. The number of ketones is 1. The predicted octanol–water partition coefficient (Wildman–Crippen LogP) is 2.71. The molecule has 6 nitrogen and oxygen atoms in total. The molecule has 0 saturated carbocycles. The van der Waals surface area contributed by atoms with Gasteiger partial charge in [0.1, 0.15) is 11.4 Å². The van der Waals surface area contributed by atoms with Crippen molar-refractivity contribution in [3.05, 3.63) is 71.4 Å². The van der Waals surface area contributed by atoms with Crippen molar-refractivity contribution in [3.8, 4) is 0 Å². The number of amides is 1. The number of benzene rings is 2. The second kappa shape index (κ2) is 6.04. The summed E-state index contributed by atoms with van der Waals surface area (Å²) in [6, 6.07) is 13.9. The number of sulfonamides is 1. The Balaban J connectivity index is 1.65. The zero-order valence-corrected chi connectivity index (χ0v) is 16.7. The standard InChI is InChI=1S/C21H20N2O4S/c1-21(2)16-9-5-6-10-17(16)22(3)19(21)12-14(24)13-23-20(25)15-8-4-7-11-18(15)28(23,26)27/h4-12H,13H2,1-3H3. The number of nitrogens with zero attached hydrogens (tertiary/aromatic N) is 2. The molecule has 0 unspecified atom stereocenters. The first kappa shape index (κ1) is 18.4. The van der Waals surface area contributed by atoms with Crippen molar-refractivity contribution in [1.82, 2.24) is 4.31 Å². The number of carbonyl (C=O) groups excluding carboxylic acids is 2. The lowest BCUT2D eigenvalue weighted by Gasteiger charge is -2.24. The third kappa shape index (κ3) is 2.50. The topological polar surface area (TPSA) is 74.8 Å². The summed E-state index contributed by atoms with van der Waals surface area (Å²) in [4.78, 5) is 27.2. The predicted molar refractivity (Wildman–Crippen MR) is 106 cm³/mol. The minimum atomic E-state index is -4.00. The van der Waals surface area contributed by atoms with Gasteiger partial charge in [-0.15, -0.1) is 0 Å². The quantitative estimate of drug-likeness (QED) is 0.746. The molecule has 0 saturated heterocycles. The molecule has 0 bridgehead atoms. The van der Waals surface area contributed by atoms with Crippen LogP contribution in [-0.2, 0) is 20.2 Å². The van der Waals surface area contributed by atoms with Gasteiger partial charge in [-0.05, 0) is 23.8 Å². The Labute approximate surface area is 164 Å². The molecule has 4 rings (SSSR count). The van der Waals surface area contributed by atoms with E-state index in [9.17, 15) is 18.0 Å². The fourth-order valence-corrected chi connectivity index (χ4v) is 5.52. The van der Waals surface area contributed by atoms with Gasteiger partial charge < -0.3 is 4.90 Å². The molecule has 0 atom stereocenters. The maximum absolute atomic E-state index is 12.8. The zero-order valence-electron chi connectivity index (χ0n) is 15.8. The van der Waals surface area contributed by atoms with Crippen molar-refractivity contribution in [2.45, 2.75) is 24.2 Å². The van der Waals surface area contributed by atoms with Crippen LogP contribution in [0.15, 0.2) is 65.2 Å². The minimum Gasteiger partial charge on any atom is -0.347 e. The molecule has 0 fully saturated rings. The van der Waals surface area contributed by atoms with E-state index >= 15 is 0 Å². The molecule has 7 heteroatoms. The van der Waals surface area contributed by atoms with Gasteiger partial charge in [0.2, 0.25) is 0 Å². The number of fused-ring (bicyclic) bond motifs is 2. The Bertz CT molecular complexity index is 1150. The molecule has 0 spiro atoms. The van der Waals surface area contributed by atoms with Gasteiger partial charge >= 0.3 is 0 Å². The SMILES string of the molecule is CN1C(=CC(=O)CN2C(=O)c3ccccc3S2(=O)=O)C(C)(C)c2ccccc21. The van der Waals surface area contributed by atoms with Crippen molar-refractivity contribution in [1.29, 1.82) is 0 Å². The third-order valence-corrected chi connectivity index (χ3v) is 7.24. The van der Waals surface area contributed by atoms with E-state index in [2.05, 4.69) is 0 Å². The first-order valence-corrected chi connectivity index (χ1v) is 10.3. The van der Waals surface area contributed by atoms with E-state index in [0.717, 1.165) is 16.9 Å². The number of hydrogen-bond donors (Lipinski definition) is 0. The molecular weight excluding hydrogens is 376 g/mol. The number of para-hydroxylation sites is 1. The van der Waals surface area contributed by atoms with Gasteiger partial charge in [-0.1, -0.05) is 44.2 Å². The highest BCUT2D eigenvalue weighted by Crippen LogP contribution is 2.46. The minimum absolute atomic E-state index is 0.0498. The van der Waals surface area contributed by atoms with Crippen LogP contribution in [0.25, 0.3) is 0 Å². The fraction of sp³-hybridized carbons (Fsp3) is 0.238. The van der Waals surface area contributed by atoms with Crippen molar-refractivity contribution >= 4 is 27.4 Å². The largest absolute Gasteiger partial charge is 0.347 e. The van der Waals surface area contributed by atoms with Crippen LogP contribution in [0.2, 0.25) is 0 Å². The lowest BCUT2D eigenvalue weighted by molar-refractivity contribution is -0.114.